The number of nitrogens with two attached hydrogens (primary N) is 1. The molecule has 5 heteroatoms. The van der Waals surface area contributed by atoms with Crippen molar-refractivity contribution < 1.29 is 9.63 Å². The van der Waals surface area contributed by atoms with Crippen LogP contribution >= 0.6 is 11.3 Å². The fourth-order valence-electron chi connectivity index (χ4n) is 1.98. The second-order valence-corrected chi connectivity index (χ2v) is 5.15. The Morgan fingerprint density at radius 3 is 2.82 bits per heavy atom. The number of hydrogen-bond donors (Lipinski definition) is 1. The molecule has 1 aliphatic rings. The molecule has 2 rings (SSSR count). The Kier molecular flexibility index (Phi) is 4.14. The van der Waals surface area contributed by atoms with Crippen LogP contribution < -0.4 is 5.73 Å². The molecule has 92 valence electrons. The third kappa shape index (κ3) is 3.30. The van der Waals surface area contributed by atoms with Gasteiger partial charge in [0, 0.05) is 0 Å². The summed E-state index contributed by atoms with van der Waals surface area (Å²) in [6.45, 7) is 0. The first kappa shape index (κ1) is 12.1. The lowest BCUT2D eigenvalue weighted by Crippen LogP contribution is -2.20. The Balaban J connectivity index is 1.88. The van der Waals surface area contributed by atoms with E-state index in [1.807, 2.05) is 17.5 Å². The van der Waals surface area contributed by atoms with Gasteiger partial charge in [-0.15, -0.1) is 11.3 Å². The third-order valence-corrected chi connectivity index (χ3v) is 3.84. The Labute approximate surface area is 104 Å². The molecule has 0 spiro atoms. The van der Waals surface area contributed by atoms with Crippen molar-refractivity contribution in [2.75, 3.05) is 0 Å². The number of amidine groups is 1. The molecule has 1 aliphatic carbocycles. The van der Waals surface area contributed by atoms with E-state index in [2.05, 4.69) is 5.16 Å². The van der Waals surface area contributed by atoms with Crippen LogP contribution in [0.25, 0.3) is 0 Å². The van der Waals surface area contributed by atoms with Gasteiger partial charge >= 0.3 is 5.97 Å². The zero-order valence-corrected chi connectivity index (χ0v) is 10.4. The van der Waals surface area contributed by atoms with Gasteiger partial charge in [0.25, 0.3) is 0 Å². The number of thiophene rings is 1. The minimum Gasteiger partial charge on any atom is -0.380 e. The van der Waals surface area contributed by atoms with Crippen LogP contribution in [0.4, 0.5) is 0 Å². The fourth-order valence-corrected chi connectivity index (χ4v) is 2.60. The van der Waals surface area contributed by atoms with E-state index in [0.717, 1.165) is 30.6 Å². The van der Waals surface area contributed by atoms with E-state index < -0.39 is 0 Å². The van der Waals surface area contributed by atoms with Gasteiger partial charge < -0.3 is 10.6 Å². The molecule has 0 unspecified atom stereocenters. The molecule has 0 aromatic carbocycles. The summed E-state index contributed by atoms with van der Waals surface area (Å²) in [6, 6.07) is 3.73. The second kappa shape index (κ2) is 5.82. The van der Waals surface area contributed by atoms with Crippen molar-refractivity contribution >= 4 is 23.1 Å². The molecule has 2 N–H and O–H groups in total. The molecule has 0 saturated heterocycles. The highest BCUT2D eigenvalue weighted by atomic mass is 32.1. The first-order chi connectivity index (χ1) is 8.27. The zero-order chi connectivity index (χ0) is 12.1. The highest BCUT2D eigenvalue weighted by Crippen LogP contribution is 2.24. The smallest absolute Gasteiger partial charge is 0.338 e. The van der Waals surface area contributed by atoms with Crippen molar-refractivity contribution in [3.05, 3.63) is 22.4 Å². The number of carbonyl (C=O) groups excluding carboxylic acids is 1. The van der Waals surface area contributed by atoms with Gasteiger partial charge in [-0.1, -0.05) is 30.5 Å². The minimum absolute atomic E-state index is 0.00337. The molecule has 1 fully saturated rings. The largest absolute Gasteiger partial charge is 0.380 e. The topological polar surface area (TPSA) is 64.7 Å². The molecule has 4 nitrogen and oxygen atoms in total. The number of rotatable bonds is 3. The van der Waals surface area contributed by atoms with Crippen LogP contribution in [0.5, 0.6) is 0 Å². The summed E-state index contributed by atoms with van der Waals surface area (Å²) in [5.74, 6) is 0.0250. The lowest BCUT2D eigenvalue weighted by molar-refractivity contribution is -0.149. The maximum atomic E-state index is 11.7. The van der Waals surface area contributed by atoms with Crippen molar-refractivity contribution in [3.8, 4) is 0 Å². The zero-order valence-electron chi connectivity index (χ0n) is 9.59. The Hall–Kier alpha value is -1.36. The predicted molar refractivity (Wildman–Crippen MR) is 67.7 cm³/mol. The van der Waals surface area contributed by atoms with Crippen LogP contribution in [0.3, 0.4) is 0 Å². The van der Waals surface area contributed by atoms with E-state index >= 15 is 0 Å². The summed E-state index contributed by atoms with van der Waals surface area (Å²) in [5.41, 5.74) is 5.70. The molecular formula is C12H16N2O2S. The van der Waals surface area contributed by atoms with Crippen molar-refractivity contribution in [2.45, 2.75) is 32.1 Å². The fraction of sp³-hybridized carbons (Fsp3) is 0.500. The van der Waals surface area contributed by atoms with E-state index in [9.17, 15) is 4.79 Å². The molecule has 0 atom stereocenters. The molecule has 0 radical (unpaired) electrons. The average molecular weight is 252 g/mol. The third-order valence-electron chi connectivity index (χ3n) is 2.95. The summed E-state index contributed by atoms with van der Waals surface area (Å²) in [6.07, 6.45) is 5.23. The van der Waals surface area contributed by atoms with Crippen molar-refractivity contribution in [1.29, 1.82) is 0 Å². The molecule has 1 heterocycles. The summed E-state index contributed by atoms with van der Waals surface area (Å²) < 4.78 is 0. The molecule has 1 aromatic heterocycles. The van der Waals surface area contributed by atoms with Gasteiger partial charge in [0.2, 0.25) is 0 Å². The normalized spacial score (nSPS) is 18.0. The van der Waals surface area contributed by atoms with Gasteiger partial charge in [0.1, 0.15) is 0 Å². The summed E-state index contributed by atoms with van der Waals surface area (Å²) in [4.78, 5) is 17.4. The monoisotopic (exact) mass is 252 g/mol. The van der Waals surface area contributed by atoms with Gasteiger partial charge in [-0.05, 0) is 24.3 Å². The van der Waals surface area contributed by atoms with E-state index in [1.54, 1.807) is 0 Å². The van der Waals surface area contributed by atoms with E-state index in [0.29, 0.717) is 0 Å². The van der Waals surface area contributed by atoms with Crippen LogP contribution in [-0.4, -0.2) is 11.8 Å². The number of oxime groups is 1. The maximum absolute atomic E-state index is 11.7. The predicted octanol–water partition coefficient (Wildman–Crippen LogP) is 2.49. The van der Waals surface area contributed by atoms with Crippen LogP contribution in [0.1, 0.15) is 37.0 Å². The average Bonchev–Trinajstić information content (AvgIpc) is 2.90. The van der Waals surface area contributed by atoms with Crippen LogP contribution in [0.2, 0.25) is 0 Å². The van der Waals surface area contributed by atoms with Crippen LogP contribution in [0, 0.1) is 5.92 Å². The molecule has 1 aromatic rings. The number of hydrogen-bond acceptors (Lipinski definition) is 4. The van der Waals surface area contributed by atoms with E-state index in [-0.39, 0.29) is 17.7 Å². The molecule has 17 heavy (non-hydrogen) atoms. The van der Waals surface area contributed by atoms with Gasteiger partial charge in [-0.25, -0.2) is 4.79 Å². The molecular weight excluding hydrogens is 236 g/mol. The van der Waals surface area contributed by atoms with Crippen molar-refractivity contribution in [3.63, 3.8) is 0 Å². The molecule has 0 amide bonds. The summed E-state index contributed by atoms with van der Waals surface area (Å²) in [7, 11) is 0. The Bertz CT molecular complexity index is 395. The molecule has 0 aliphatic heterocycles. The Morgan fingerprint density at radius 2 is 2.18 bits per heavy atom. The standard InChI is InChI=1S/C12H16N2O2S/c13-11(10-7-4-8-17-10)14-16-12(15)9-5-2-1-3-6-9/h4,7-9H,1-3,5-6H2,(H2,13,14). The van der Waals surface area contributed by atoms with Gasteiger partial charge in [-0.2, -0.15) is 0 Å². The van der Waals surface area contributed by atoms with Gasteiger partial charge in [0.05, 0.1) is 10.8 Å². The SMILES string of the molecule is N/C(=N\OC(=O)C1CCCCC1)c1cccs1. The lowest BCUT2D eigenvalue weighted by atomic mass is 9.89. The second-order valence-electron chi connectivity index (χ2n) is 4.20. The first-order valence-electron chi connectivity index (χ1n) is 5.85. The van der Waals surface area contributed by atoms with Crippen molar-refractivity contribution in [1.82, 2.24) is 0 Å². The first-order valence-corrected chi connectivity index (χ1v) is 6.73. The van der Waals surface area contributed by atoms with Crippen molar-refractivity contribution in [2.24, 2.45) is 16.8 Å². The quantitative estimate of drug-likeness (QED) is 0.389. The number of carbonyl (C=O) groups is 1. The van der Waals surface area contributed by atoms with Gasteiger partial charge in [0.15, 0.2) is 5.84 Å². The van der Waals surface area contributed by atoms with Gasteiger partial charge in [-0.3, -0.25) is 0 Å². The van der Waals surface area contributed by atoms with Crippen LogP contribution in [-0.2, 0) is 9.63 Å². The molecule has 1 saturated carbocycles. The lowest BCUT2D eigenvalue weighted by Gasteiger charge is -2.17. The van der Waals surface area contributed by atoms with Crippen LogP contribution in [0.15, 0.2) is 22.7 Å². The minimum atomic E-state index is -0.246. The highest BCUT2D eigenvalue weighted by Gasteiger charge is 2.22. The maximum Gasteiger partial charge on any atom is 0.338 e. The highest BCUT2D eigenvalue weighted by molar-refractivity contribution is 7.12. The van der Waals surface area contributed by atoms with E-state index in [4.69, 9.17) is 10.6 Å². The Morgan fingerprint density at radius 1 is 1.41 bits per heavy atom. The summed E-state index contributed by atoms with van der Waals surface area (Å²) in [5, 5.41) is 5.60. The van der Waals surface area contributed by atoms with E-state index in [1.165, 1.54) is 17.8 Å². The summed E-state index contributed by atoms with van der Waals surface area (Å²) >= 11 is 1.47. The number of nitrogens with zero attached hydrogens (tertiary/aromatic N) is 1. The molecule has 0 bridgehead atoms.